The van der Waals surface area contributed by atoms with Gasteiger partial charge in [-0.05, 0) is 84.8 Å². The summed E-state index contributed by atoms with van der Waals surface area (Å²) in [6, 6.07) is 48.2. The van der Waals surface area contributed by atoms with Gasteiger partial charge in [0.05, 0.1) is 75.3 Å². The molecular weight excluding hydrogens is 1650 g/mol. The number of amides is 6. The maximum absolute atomic E-state index is 12.1. The SMILES string of the molecule is CCNC(=O)Nc1ncnc2c1ncn2[C@@H]1O[C@H](COCc2ccccc2C(=O)O)C2O[C@@H](C#Cc3ccccc3)O[C@@H]21.CCNC(=O)Nc1ncnc2c1ncn2[C@@H]1O[C@H](COCc2ccccc2C(=O)O)C2O[C@H](Cc3ccccc3)O[C@@H]21.CCNC(=O)Nc1ncnc2c1ncn2[C@@H]1O[C@H](COCc2ccccc2C(=O)O)C2O[C@H](Cc3ccccc3)O[C@@H]21. The largest absolute Gasteiger partial charge is 0.478 e. The van der Waals surface area contributed by atoms with E-state index in [2.05, 4.69) is 88.6 Å². The molecule has 656 valence electrons. The van der Waals surface area contributed by atoms with Crippen molar-refractivity contribution < 1.29 is 101 Å². The number of anilines is 3. The number of carboxylic acid groups (broad SMARTS) is 3. The van der Waals surface area contributed by atoms with Crippen molar-refractivity contribution in [1.29, 1.82) is 0 Å². The van der Waals surface area contributed by atoms with E-state index in [4.69, 9.17) is 56.8 Å². The van der Waals surface area contributed by atoms with Gasteiger partial charge >= 0.3 is 36.0 Å². The lowest BCUT2D eigenvalue weighted by atomic mass is 10.1. The van der Waals surface area contributed by atoms with Crippen molar-refractivity contribution in [2.45, 2.75) is 146 Å². The average molecular weight is 1730 g/mol. The fraction of sp³-hybridized carbons (Fsp3) is 0.330. The van der Waals surface area contributed by atoms with Crippen molar-refractivity contribution in [3.63, 3.8) is 0 Å². The topological polar surface area (TPSA) is 477 Å². The Morgan fingerprint density at radius 2 is 0.677 bits per heavy atom. The van der Waals surface area contributed by atoms with Crippen molar-refractivity contribution in [3.05, 3.63) is 252 Å². The molecule has 6 saturated heterocycles. The zero-order valence-corrected chi connectivity index (χ0v) is 68.5. The second-order valence-electron chi connectivity index (χ2n) is 29.5. The van der Waals surface area contributed by atoms with E-state index in [-0.39, 0.29) is 73.8 Å². The van der Waals surface area contributed by atoms with Gasteiger partial charge in [0.2, 0.25) is 6.29 Å². The first-order chi connectivity index (χ1) is 62.0. The third-order valence-corrected chi connectivity index (χ3v) is 21.2. The van der Waals surface area contributed by atoms with Crippen LogP contribution >= 0.6 is 0 Å². The minimum absolute atomic E-state index is 0.0680. The van der Waals surface area contributed by atoms with Crippen LogP contribution in [0.5, 0.6) is 0 Å². The van der Waals surface area contributed by atoms with E-state index >= 15 is 0 Å². The number of aromatic nitrogens is 12. The minimum atomic E-state index is -1.03. The molecule has 0 radical (unpaired) electrons. The summed E-state index contributed by atoms with van der Waals surface area (Å²) >= 11 is 0. The van der Waals surface area contributed by atoms with Crippen molar-refractivity contribution in [2.75, 3.05) is 55.4 Å². The molecule has 6 aliphatic heterocycles. The van der Waals surface area contributed by atoms with Gasteiger partial charge in [-0.2, -0.15) is 0 Å². The van der Waals surface area contributed by atoms with Gasteiger partial charge in [-0.15, -0.1) is 0 Å². The summed E-state index contributed by atoms with van der Waals surface area (Å²) in [4.78, 5) is 110. The Labute approximate surface area is 724 Å². The van der Waals surface area contributed by atoms with Crippen LogP contribution < -0.4 is 31.9 Å². The molecule has 39 nitrogen and oxygen atoms in total. The molecular formula is C88H88N18O21. The highest BCUT2D eigenvalue weighted by molar-refractivity contribution is 5.98. The van der Waals surface area contributed by atoms with Gasteiger partial charge in [0.1, 0.15) is 73.9 Å². The van der Waals surface area contributed by atoms with E-state index in [1.165, 1.54) is 25.0 Å². The molecule has 6 aromatic carbocycles. The Kier molecular flexibility index (Phi) is 27.7. The predicted molar refractivity (Wildman–Crippen MR) is 449 cm³/mol. The highest BCUT2D eigenvalue weighted by Gasteiger charge is 2.57. The molecule has 9 N–H and O–H groups in total. The summed E-state index contributed by atoms with van der Waals surface area (Å²) in [7, 11) is 0. The molecule has 6 fully saturated rings. The van der Waals surface area contributed by atoms with Crippen molar-refractivity contribution in [1.82, 2.24) is 74.5 Å². The van der Waals surface area contributed by atoms with Crippen LogP contribution in [-0.4, -0.2) is 223 Å². The standard InChI is InChI=1S/C30H28N6O7.2C29H30N6O7/c1-2-31-30(39)35-26-23-27(33-16-32-26)36(17-34-23)28-25-24(42-22(43-25)13-12-18-8-4-3-5-9-18)21(41-28)15-40-14-19-10-6-7-11-20(19)29(37)38;2*1-2-30-29(38)34-25-22-26(32-15-31-25)35(16-33-22)27-24-23(41-21(42-24)12-17-8-4-3-5-9-17)20(40-27)14-39-13-18-10-6-7-11-19(18)28(36)37/h3-11,16-17,21-22,24-25,28H,2,14-15H2,1H3,(H,37,38)(H2,31,32,33,35,39);2*3-11,15-16,20-21,23-24,27H,2,12-14H2,1H3,(H,36,37)(H2,30,31,32,34,38)/t21-,22-,24?,25+,28-;2*20-,21+,23?,24+,27-/m111/s1. The fourth-order valence-electron chi connectivity index (χ4n) is 15.5. The molecule has 6 amide bonds. The third kappa shape index (κ3) is 20.2. The lowest BCUT2D eigenvalue weighted by Crippen LogP contribution is -2.32. The normalized spacial score (nSPS) is 22.9. The van der Waals surface area contributed by atoms with E-state index in [0.717, 1.165) is 16.7 Å². The molecule has 6 aromatic heterocycles. The quantitative estimate of drug-likeness (QED) is 0.0206. The van der Waals surface area contributed by atoms with E-state index < -0.39 is 128 Å². The number of nitrogens with zero attached hydrogens (tertiary/aromatic N) is 12. The van der Waals surface area contributed by atoms with Gasteiger partial charge in [-0.3, -0.25) is 29.7 Å². The van der Waals surface area contributed by atoms with Gasteiger partial charge in [-0.25, -0.2) is 73.6 Å². The van der Waals surface area contributed by atoms with Gasteiger partial charge in [0, 0.05) is 38.0 Å². The number of rotatable bonds is 28. The monoisotopic (exact) mass is 1730 g/mol. The molecule has 18 rings (SSSR count). The molecule has 127 heavy (non-hydrogen) atoms. The second-order valence-corrected chi connectivity index (χ2v) is 29.5. The number of imidazole rings is 3. The Morgan fingerprint density at radius 3 is 1.02 bits per heavy atom. The molecule has 0 bridgehead atoms. The van der Waals surface area contributed by atoms with Crippen LogP contribution in [0, 0.1) is 11.8 Å². The molecule has 39 heteroatoms. The van der Waals surface area contributed by atoms with Crippen LogP contribution in [0.2, 0.25) is 0 Å². The van der Waals surface area contributed by atoms with E-state index in [0.29, 0.717) is 82.7 Å². The number of fused-ring (bicyclic) bond motifs is 6. The Bertz CT molecular complexity index is 5710. The summed E-state index contributed by atoms with van der Waals surface area (Å²) in [5.74, 6) is 3.82. The van der Waals surface area contributed by atoms with Crippen LogP contribution in [0.15, 0.2) is 202 Å². The van der Waals surface area contributed by atoms with Crippen molar-refractivity contribution >= 4 is 86.9 Å². The Morgan fingerprint density at radius 1 is 0.370 bits per heavy atom. The zero-order chi connectivity index (χ0) is 87.9. The molecule has 12 aromatic rings. The number of carboxylic acids is 3. The number of nitrogens with one attached hydrogen (secondary N) is 6. The van der Waals surface area contributed by atoms with E-state index in [9.17, 15) is 44.1 Å². The number of ether oxygens (including phenoxy) is 12. The summed E-state index contributed by atoms with van der Waals surface area (Å²) in [5, 5.41) is 44.6. The first-order valence-electron chi connectivity index (χ1n) is 40.9. The van der Waals surface area contributed by atoms with Crippen molar-refractivity contribution in [2.24, 2.45) is 0 Å². The van der Waals surface area contributed by atoms with Crippen LogP contribution in [0.3, 0.4) is 0 Å². The zero-order valence-electron chi connectivity index (χ0n) is 68.5. The number of aromatic carboxylic acids is 3. The molecule has 0 saturated carbocycles. The van der Waals surface area contributed by atoms with Gasteiger partial charge < -0.3 is 88.1 Å². The first-order valence-corrected chi connectivity index (χ1v) is 40.9. The summed E-state index contributed by atoms with van der Waals surface area (Å²) < 4.78 is 80.2. The first kappa shape index (κ1) is 86.8. The highest BCUT2D eigenvalue weighted by atomic mass is 16.8. The maximum Gasteiger partial charge on any atom is 0.336 e. The lowest BCUT2D eigenvalue weighted by Gasteiger charge is -2.21. The number of carbonyl (C=O) groups is 6. The Hall–Kier alpha value is -13.7. The molecule has 12 heterocycles. The fourth-order valence-corrected chi connectivity index (χ4v) is 15.5. The highest BCUT2D eigenvalue weighted by Crippen LogP contribution is 2.45. The van der Waals surface area contributed by atoms with Crippen molar-refractivity contribution in [3.8, 4) is 11.8 Å². The average Bonchev–Trinajstić information content (AvgIpc) is 1.60. The predicted octanol–water partition coefficient (Wildman–Crippen LogP) is 9.21. The number of carbonyl (C=O) groups excluding carboxylic acids is 3. The van der Waals surface area contributed by atoms with E-state index in [1.807, 2.05) is 112 Å². The van der Waals surface area contributed by atoms with Crippen LogP contribution in [0.25, 0.3) is 33.5 Å². The number of hydrogen-bond donors (Lipinski definition) is 9. The van der Waals surface area contributed by atoms with E-state index in [1.54, 1.807) is 99.4 Å². The van der Waals surface area contributed by atoms with Crippen LogP contribution in [-0.2, 0) is 89.5 Å². The van der Waals surface area contributed by atoms with Gasteiger partial charge in [0.25, 0.3) is 0 Å². The number of urea groups is 3. The summed E-state index contributed by atoms with van der Waals surface area (Å²) in [6.07, 6.45) is 1.20. The lowest BCUT2D eigenvalue weighted by molar-refractivity contribution is -0.154. The van der Waals surface area contributed by atoms with Gasteiger partial charge in [0.15, 0.2) is 82.2 Å². The van der Waals surface area contributed by atoms with Gasteiger partial charge in [-0.1, -0.05) is 139 Å². The molecule has 3 unspecified atom stereocenters. The molecule has 15 atom stereocenters. The summed E-state index contributed by atoms with van der Waals surface area (Å²) in [6.45, 7) is 7.43. The molecule has 0 aliphatic carbocycles. The minimum Gasteiger partial charge on any atom is -0.478 e. The maximum atomic E-state index is 12.1. The molecule has 0 spiro atoms. The third-order valence-electron chi connectivity index (χ3n) is 21.2. The number of benzene rings is 6. The second kappa shape index (κ2) is 40.5. The molecule has 6 aliphatic rings. The van der Waals surface area contributed by atoms with Crippen LogP contribution in [0.1, 0.15) is 104 Å². The smallest absolute Gasteiger partial charge is 0.336 e. The van der Waals surface area contributed by atoms with Crippen LogP contribution in [0.4, 0.5) is 31.8 Å². The Balaban J connectivity index is 0.000000140. The number of hydrogen-bond acceptors (Lipinski definition) is 27. The summed E-state index contributed by atoms with van der Waals surface area (Å²) in [5.41, 5.74) is 7.66.